The lowest BCUT2D eigenvalue weighted by Gasteiger charge is -2.43. The van der Waals surface area contributed by atoms with Gasteiger partial charge in [0.15, 0.2) is 5.78 Å². The molecule has 0 unspecified atom stereocenters. The molecule has 1 aliphatic rings. The lowest BCUT2D eigenvalue weighted by molar-refractivity contribution is -0.0581. The maximum atomic E-state index is 11.7. The lowest BCUT2D eigenvalue weighted by Crippen LogP contribution is -2.62. The molecule has 0 atom stereocenters. The fourth-order valence-corrected chi connectivity index (χ4v) is 1.91. The summed E-state index contributed by atoms with van der Waals surface area (Å²) in [6, 6.07) is 6.48. The van der Waals surface area contributed by atoms with Crippen molar-refractivity contribution in [3.8, 4) is 0 Å². The van der Waals surface area contributed by atoms with Gasteiger partial charge in [-0.05, 0) is 38.1 Å². The van der Waals surface area contributed by atoms with Crippen LogP contribution in [0.4, 0.5) is 10.5 Å². The third kappa shape index (κ3) is 2.68. The van der Waals surface area contributed by atoms with E-state index in [1.165, 1.54) is 11.8 Å². The summed E-state index contributed by atoms with van der Waals surface area (Å²) in [5.41, 5.74) is 0.479. The molecule has 0 aliphatic carbocycles. The van der Waals surface area contributed by atoms with Gasteiger partial charge in [0, 0.05) is 11.3 Å². The normalized spacial score (nSPS) is 16.9. The number of likely N-dealkylation sites (tertiary alicyclic amines) is 1. The van der Waals surface area contributed by atoms with Gasteiger partial charge < -0.3 is 15.3 Å². The lowest BCUT2D eigenvalue weighted by atomic mass is 9.98. The highest BCUT2D eigenvalue weighted by atomic mass is 16.3. The van der Waals surface area contributed by atoms with Crippen molar-refractivity contribution in [2.24, 2.45) is 0 Å². The summed E-state index contributed by atoms with van der Waals surface area (Å²) in [6.07, 6.45) is 0. The predicted octanol–water partition coefficient (Wildman–Crippen LogP) is 1.49. The Morgan fingerprint density at radius 3 is 2.28 bits per heavy atom. The highest BCUT2D eigenvalue weighted by molar-refractivity contribution is 5.95. The number of β-amino-alcohol motifs (C(OH)–C–C–N with tert-alkyl or cyclic N) is 1. The van der Waals surface area contributed by atoms with Gasteiger partial charge in [0.25, 0.3) is 0 Å². The first kappa shape index (κ1) is 12.6. The molecule has 1 aromatic carbocycles. The molecular formula is C13H16N2O3. The number of rotatable bonds is 2. The van der Waals surface area contributed by atoms with Crippen LogP contribution in [0.5, 0.6) is 0 Å². The van der Waals surface area contributed by atoms with Crippen molar-refractivity contribution < 1.29 is 14.7 Å². The molecule has 1 aliphatic heterocycles. The van der Waals surface area contributed by atoms with E-state index in [1.54, 1.807) is 31.2 Å². The van der Waals surface area contributed by atoms with Crippen LogP contribution in [0.15, 0.2) is 24.3 Å². The van der Waals surface area contributed by atoms with E-state index in [1.807, 2.05) is 0 Å². The average molecular weight is 248 g/mol. The van der Waals surface area contributed by atoms with Crippen LogP contribution in [0.3, 0.4) is 0 Å². The van der Waals surface area contributed by atoms with Crippen molar-refractivity contribution >= 4 is 17.5 Å². The first-order valence-corrected chi connectivity index (χ1v) is 5.77. The zero-order chi connectivity index (χ0) is 13.3. The van der Waals surface area contributed by atoms with Crippen molar-refractivity contribution in [2.75, 3.05) is 18.4 Å². The SMILES string of the molecule is CC(=O)c1ccc(NC(=O)N2CC(C)(O)C2)cc1. The number of ketones is 1. The summed E-state index contributed by atoms with van der Waals surface area (Å²) >= 11 is 0. The van der Waals surface area contributed by atoms with Crippen molar-refractivity contribution in [2.45, 2.75) is 19.4 Å². The number of carbonyl (C=O) groups excluding carboxylic acids is 2. The Balaban J connectivity index is 1.94. The number of nitrogens with one attached hydrogen (secondary N) is 1. The van der Waals surface area contributed by atoms with E-state index >= 15 is 0 Å². The largest absolute Gasteiger partial charge is 0.386 e. The molecule has 0 bridgehead atoms. The van der Waals surface area contributed by atoms with Crippen molar-refractivity contribution in [1.29, 1.82) is 0 Å². The molecule has 1 heterocycles. The molecule has 1 fully saturated rings. The van der Waals surface area contributed by atoms with Gasteiger partial charge in [0.1, 0.15) is 0 Å². The van der Waals surface area contributed by atoms with E-state index in [2.05, 4.69) is 5.32 Å². The van der Waals surface area contributed by atoms with Gasteiger partial charge in [-0.3, -0.25) is 4.79 Å². The molecule has 96 valence electrons. The second-order valence-corrected chi connectivity index (χ2v) is 4.92. The predicted molar refractivity (Wildman–Crippen MR) is 67.7 cm³/mol. The fraction of sp³-hybridized carbons (Fsp3) is 0.385. The topological polar surface area (TPSA) is 69.6 Å². The molecule has 0 radical (unpaired) electrons. The first-order chi connectivity index (χ1) is 8.37. The second-order valence-electron chi connectivity index (χ2n) is 4.92. The smallest absolute Gasteiger partial charge is 0.322 e. The van der Waals surface area contributed by atoms with Crippen molar-refractivity contribution in [3.05, 3.63) is 29.8 Å². The molecule has 18 heavy (non-hydrogen) atoms. The van der Waals surface area contributed by atoms with Crippen LogP contribution in [-0.2, 0) is 0 Å². The van der Waals surface area contributed by atoms with Gasteiger partial charge in [-0.2, -0.15) is 0 Å². The zero-order valence-corrected chi connectivity index (χ0v) is 10.4. The maximum Gasteiger partial charge on any atom is 0.322 e. The minimum absolute atomic E-state index is 0.00772. The number of urea groups is 1. The highest BCUT2D eigenvalue weighted by Gasteiger charge is 2.39. The van der Waals surface area contributed by atoms with Crippen LogP contribution in [-0.4, -0.2) is 40.5 Å². The third-order valence-electron chi connectivity index (χ3n) is 2.89. The van der Waals surface area contributed by atoms with E-state index in [9.17, 15) is 14.7 Å². The van der Waals surface area contributed by atoms with Crippen molar-refractivity contribution in [1.82, 2.24) is 4.90 Å². The molecule has 5 nitrogen and oxygen atoms in total. The van der Waals surface area contributed by atoms with Crippen LogP contribution >= 0.6 is 0 Å². The van der Waals surface area contributed by atoms with Crippen LogP contribution in [0.2, 0.25) is 0 Å². The molecule has 2 rings (SSSR count). The summed E-state index contributed by atoms with van der Waals surface area (Å²) in [4.78, 5) is 24.4. The Bertz CT molecular complexity index is 472. The minimum atomic E-state index is -0.768. The Labute approximate surface area is 105 Å². The molecular weight excluding hydrogens is 232 g/mol. The Hall–Kier alpha value is -1.88. The summed E-state index contributed by atoms with van der Waals surface area (Å²) in [5.74, 6) is -0.00772. The van der Waals surface area contributed by atoms with Crippen LogP contribution in [0, 0.1) is 0 Å². The molecule has 1 aromatic rings. The third-order valence-corrected chi connectivity index (χ3v) is 2.89. The van der Waals surface area contributed by atoms with Crippen molar-refractivity contribution in [3.63, 3.8) is 0 Å². The number of amides is 2. The minimum Gasteiger partial charge on any atom is -0.386 e. The molecule has 0 spiro atoms. The monoisotopic (exact) mass is 248 g/mol. The maximum absolute atomic E-state index is 11.7. The Kier molecular flexibility index (Phi) is 3.09. The number of nitrogens with zero attached hydrogens (tertiary/aromatic N) is 1. The van der Waals surface area contributed by atoms with Gasteiger partial charge in [-0.25, -0.2) is 4.79 Å². The number of benzene rings is 1. The molecule has 1 saturated heterocycles. The van der Waals surface area contributed by atoms with Gasteiger partial charge in [0.2, 0.25) is 0 Å². The molecule has 5 heteroatoms. The number of Topliss-reactive ketones (excluding diaryl/α,β-unsaturated/α-hetero) is 1. The van der Waals surface area contributed by atoms with E-state index in [4.69, 9.17) is 0 Å². The van der Waals surface area contributed by atoms with Gasteiger partial charge >= 0.3 is 6.03 Å². The molecule has 0 saturated carbocycles. The number of carbonyl (C=O) groups is 2. The van der Waals surface area contributed by atoms with E-state index in [-0.39, 0.29) is 11.8 Å². The summed E-state index contributed by atoms with van der Waals surface area (Å²) in [7, 11) is 0. The summed E-state index contributed by atoms with van der Waals surface area (Å²) in [5, 5.41) is 12.2. The quantitative estimate of drug-likeness (QED) is 0.779. The Morgan fingerprint density at radius 1 is 1.28 bits per heavy atom. The number of anilines is 1. The number of aliphatic hydroxyl groups is 1. The van der Waals surface area contributed by atoms with Crippen LogP contribution in [0.25, 0.3) is 0 Å². The van der Waals surface area contributed by atoms with E-state index in [0.29, 0.717) is 24.3 Å². The molecule has 0 aromatic heterocycles. The molecule has 2 N–H and O–H groups in total. The van der Waals surface area contributed by atoms with Crippen LogP contribution in [0.1, 0.15) is 24.2 Å². The average Bonchev–Trinajstić information content (AvgIpc) is 2.26. The van der Waals surface area contributed by atoms with Gasteiger partial charge in [0.05, 0.1) is 18.7 Å². The first-order valence-electron chi connectivity index (χ1n) is 5.77. The summed E-state index contributed by atoms with van der Waals surface area (Å²) < 4.78 is 0. The number of hydrogen-bond acceptors (Lipinski definition) is 3. The summed E-state index contributed by atoms with van der Waals surface area (Å²) in [6.45, 7) is 3.86. The van der Waals surface area contributed by atoms with E-state index < -0.39 is 5.60 Å². The van der Waals surface area contributed by atoms with Gasteiger partial charge in [-0.15, -0.1) is 0 Å². The zero-order valence-electron chi connectivity index (χ0n) is 10.4. The molecule has 2 amide bonds. The standard InChI is InChI=1S/C13H16N2O3/c1-9(16)10-3-5-11(6-4-10)14-12(17)15-7-13(2,18)8-15/h3-6,18H,7-8H2,1-2H3,(H,14,17). The Morgan fingerprint density at radius 2 is 1.83 bits per heavy atom. The number of hydrogen-bond donors (Lipinski definition) is 2. The van der Waals surface area contributed by atoms with Gasteiger partial charge in [-0.1, -0.05) is 0 Å². The van der Waals surface area contributed by atoms with E-state index in [0.717, 1.165) is 0 Å². The highest BCUT2D eigenvalue weighted by Crippen LogP contribution is 2.21. The fourth-order valence-electron chi connectivity index (χ4n) is 1.91. The van der Waals surface area contributed by atoms with Crippen LogP contribution < -0.4 is 5.32 Å². The second kappa shape index (κ2) is 4.42.